The minimum atomic E-state index is 0.0953. The normalized spacial score (nSPS) is 18.9. The Morgan fingerprint density at radius 3 is 2.50 bits per heavy atom. The first-order valence-electron chi connectivity index (χ1n) is 5.73. The van der Waals surface area contributed by atoms with Crippen LogP contribution in [0.15, 0.2) is 36.1 Å². The molecule has 0 saturated carbocycles. The predicted molar refractivity (Wildman–Crippen MR) is 71.3 cm³/mol. The molecule has 2 aromatic rings. The van der Waals surface area contributed by atoms with Crippen LogP contribution < -0.4 is 5.06 Å². The number of nitrogens with zero attached hydrogens (tertiary/aromatic N) is 3. The second-order valence-corrected chi connectivity index (χ2v) is 4.62. The van der Waals surface area contributed by atoms with Crippen LogP contribution in [0.3, 0.4) is 0 Å². The summed E-state index contributed by atoms with van der Waals surface area (Å²) in [4.78, 5) is 14.4. The van der Waals surface area contributed by atoms with Gasteiger partial charge in [0.2, 0.25) is 5.82 Å². The van der Waals surface area contributed by atoms with Crippen LogP contribution in [0.5, 0.6) is 0 Å². The maximum Gasteiger partial charge on any atom is 0.202 e. The topological polar surface area (TPSA) is 38.2 Å². The molecule has 5 heteroatoms. The van der Waals surface area contributed by atoms with Crippen molar-refractivity contribution >= 4 is 28.5 Å². The van der Waals surface area contributed by atoms with E-state index in [4.69, 9.17) is 16.4 Å². The van der Waals surface area contributed by atoms with Gasteiger partial charge in [0.05, 0.1) is 17.1 Å². The monoisotopic (exact) mass is 261 g/mol. The van der Waals surface area contributed by atoms with Gasteiger partial charge < -0.3 is 4.84 Å². The highest BCUT2D eigenvalue weighted by Crippen LogP contribution is 2.30. The molecule has 0 spiro atoms. The van der Waals surface area contributed by atoms with E-state index in [1.807, 2.05) is 44.2 Å². The van der Waals surface area contributed by atoms with Crippen LogP contribution in [-0.2, 0) is 4.84 Å². The molecule has 1 atom stereocenters. The Kier molecular flexibility index (Phi) is 2.59. The van der Waals surface area contributed by atoms with Crippen molar-refractivity contribution in [3.8, 4) is 0 Å². The maximum atomic E-state index is 6.18. The number of aromatic nitrogens is 2. The minimum absolute atomic E-state index is 0.0953. The van der Waals surface area contributed by atoms with E-state index in [-0.39, 0.29) is 6.04 Å². The van der Waals surface area contributed by atoms with Crippen molar-refractivity contribution in [3.05, 3.63) is 41.3 Å². The summed E-state index contributed by atoms with van der Waals surface area (Å²) < 4.78 is 0. The van der Waals surface area contributed by atoms with E-state index in [2.05, 4.69) is 9.97 Å². The highest BCUT2D eigenvalue weighted by molar-refractivity contribution is 6.32. The van der Waals surface area contributed by atoms with Crippen LogP contribution in [-0.4, -0.2) is 16.0 Å². The standard InChI is InChI=1S/C13H12ClN3O/c1-8-7-9(2)18-17(8)13-12(14)15-10-5-3-4-6-11(10)16-13/h3-8H,1-2H3. The zero-order chi connectivity index (χ0) is 12.7. The summed E-state index contributed by atoms with van der Waals surface area (Å²) in [5.74, 6) is 1.39. The highest BCUT2D eigenvalue weighted by atomic mass is 35.5. The predicted octanol–water partition coefficient (Wildman–Crippen LogP) is 3.33. The first kappa shape index (κ1) is 11.3. The summed E-state index contributed by atoms with van der Waals surface area (Å²) in [6.07, 6.45) is 2.01. The Morgan fingerprint density at radius 2 is 1.89 bits per heavy atom. The quantitative estimate of drug-likeness (QED) is 0.789. The van der Waals surface area contributed by atoms with E-state index in [1.165, 1.54) is 0 Å². The third kappa shape index (κ3) is 1.78. The Labute approximate surface area is 110 Å². The number of hydroxylamine groups is 1. The molecule has 0 bridgehead atoms. The lowest BCUT2D eigenvalue weighted by atomic mass is 10.3. The van der Waals surface area contributed by atoms with Gasteiger partial charge in [0.15, 0.2) is 5.15 Å². The number of allylic oxidation sites excluding steroid dienone is 1. The molecule has 18 heavy (non-hydrogen) atoms. The lowest BCUT2D eigenvalue weighted by Gasteiger charge is -2.21. The molecule has 92 valence electrons. The van der Waals surface area contributed by atoms with E-state index in [0.717, 1.165) is 16.8 Å². The second kappa shape index (κ2) is 4.14. The molecule has 1 unspecified atom stereocenters. The van der Waals surface area contributed by atoms with E-state index < -0.39 is 0 Å². The average molecular weight is 262 g/mol. The van der Waals surface area contributed by atoms with Gasteiger partial charge in [0.25, 0.3) is 0 Å². The molecular weight excluding hydrogens is 250 g/mol. The highest BCUT2D eigenvalue weighted by Gasteiger charge is 2.25. The number of hydrogen-bond donors (Lipinski definition) is 0. The van der Waals surface area contributed by atoms with Crippen molar-refractivity contribution in [2.75, 3.05) is 5.06 Å². The van der Waals surface area contributed by atoms with E-state index in [0.29, 0.717) is 11.0 Å². The lowest BCUT2D eigenvalue weighted by molar-refractivity contribution is 0.196. The van der Waals surface area contributed by atoms with Gasteiger partial charge in [-0.15, -0.1) is 0 Å². The Morgan fingerprint density at radius 1 is 1.22 bits per heavy atom. The molecule has 2 heterocycles. The molecule has 0 amide bonds. The third-order valence-corrected chi connectivity index (χ3v) is 3.06. The fourth-order valence-corrected chi connectivity index (χ4v) is 2.24. The largest absolute Gasteiger partial charge is 0.382 e. The summed E-state index contributed by atoms with van der Waals surface area (Å²) in [5, 5.41) is 2.03. The summed E-state index contributed by atoms with van der Waals surface area (Å²) in [6, 6.07) is 7.72. The van der Waals surface area contributed by atoms with Gasteiger partial charge in [-0.2, -0.15) is 5.06 Å². The molecule has 1 aliphatic heterocycles. The Hall–Kier alpha value is -1.81. The molecule has 4 nitrogen and oxygen atoms in total. The number of anilines is 1. The van der Waals surface area contributed by atoms with E-state index in [1.54, 1.807) is 5.06 Å². The smallest absolute Gasteiger partial charge is 0.202 e. The van der Waals surface area contributed by atoms with Gasteiger partial charge in [0.1, 0.15) is 5.76 Å². The molecule has 3 rings (SSSR count). The number of rotatable bonds is 1. The summed E-state index contributed by atoms with van der Waals surface area (Å²) in [6.45, 7) is 3.92. The first-order chi connectivity index (χ1) is 8.65. The Balaban J connectivity index is 2.10. The summed E-state index contributed by atoms with van der Waals surface area (Å²) >= 11 is 6.18. The SMILES string of the molecule is CC1=CC(C)N(c2nc3ccccc3nc2Cl)O1. The van der Waals surface area contributed by atoms with Crippen molar-refractivity contribution in [1.82, 2.24) is 9.97 Å². The average Bonchev–Trinajstić information content (AvgIpc) is 2.67. The molecule has 0 radical (unpaired) electrons. The number of fused-ring (bicyclic) bond motifs is 1. The molecule has 0 N–H and O–H groups in total. The first-order valence-corrected chi connectivity index (χ1v) is 6.11. The number of benzene rings is 1. The van der Waals surface area contributed by atoms with Gasteiger partial charge >= 0.3 is 0 Å². The molecule has 0 aliphatic carbocycles. The minimum Gasteiger partial charge on any atom is -0.382 e. The van der Waals surface area contributed by atoms with Crippen LogP contribution >= 0.6 is 11.6 Å². The Bertz CT molecular complexity index is 641. The zero-order valence-corrected chi connectivity index (χ0v) is 10.8. The van der Waals surface area contributed by atoms with Gasteiger partial charge in [0, 0.05) is 0 Å². The van der Waals surface area contributed by atoms with Crippen molar-refractivity contribution < 1.29 is 4.84 Å². The van der Waals surface area contributed by atoms with Crippen LogP contribution in [0.4, 0.5) is 5.82 Å². The third-order valence-electron chi connectivity index (χ3n) is 2.81. The van der Waals surface area contributed by atoms with Crippen molar-refractivity contribution in [2.24, 2.45) is 0 Å². The van der Waals surface area contributed by atoms with Crippen LogP contribution in [0.25, 0.3) is 11.0 Å². The van der Waals surface area contributed by atoms with Gasteiger partial charge in [-0.25, -0.2) is 9.97 Å². The maximum absolute atomic E-state index is 6.18. The summed E-state index contributed by atoms with van der Waals surface area (Å²) in [7, 11) is 0. The number of hydrogen-bond acceptors (Lipinski definition) is 4. The number of para-hydroxylation sites is 2. The molecule has 1 aromatic heterocycles. The van der Waals surface area contributed by atoms with Crippen LogP contribution in [0, 0.1) is 0 Å². The lowest BCUT2D eigenvalue weighted by Crippen LogP contribution is -2.27. The molecular formula is C13H12ClN3O. The van der Waals surface area contributed by atoms with Crippen molar-refractivity contribution in [1.29, 1.82) is 0 Å². The fraction of sp³-hybridized carbons (Fsp3) is 0.231. The van der Waals surface area contributed by atoms with Crippen molar-refractivity contribution in [3.63, 3.8) is 0 Å². The van der Waals surface area contributed by atoms with Gasteiger partial charge in [-0.3, -0.25) is 0 Å². The molecule has 1 aliphatic rings. The number of halogens is 1. The molecule has 0 saturated heterocycles. The zero-order valence-electron chi connectivity index (χ0n) is 10.1. The molecule has 1 aromatic carbocycles. The molecule has 0 fully saturated rings. The van der Waals surface area contributed by atoms with Gasteiger partial charge in [-0.1, -0.05) is 23.7 Å². The van der Waals surface area contributed by atoms with Crippen molar-refractivity contribution in [2.45, 2.75) is 19.9 Å². The van der Waals surface area contributed by atoms with E-state index >= 15 is 0 Å². The summed E-state index contributed by atoms with van der Waals surface area (Å²) in [5.41, 5.74) is 1.58. The second-order valence-electron chi connectivity index (χ2n) is 4.26. The fourth-order valence-electron chi connectivity index (χ4n) is 2.02. The van der Waals surface area contributed by atoms with Crippen LogP contribution in [0.1, 0.15) is 13.8 Å². The van der Waals surface area contributed by atoms with E-state index in [9.17, 15) is 0 Å². The van der Waals surface area contributed by atoms with Crippen LogP contribution in [0.2, 0.25) is 5.15 Å². The van der Waals surface area contributed by atoms with Gasteiger partial charge in [-0.05, 0) is 32.1 Å².